The zero-order valence-corrected chi connectivity index (χ0v) is 8.75. The second-order valence-electron chi connectivity index (χ2n) is 3.67. The van der Waals surface area contributed by atoms with E-state index in [9.17, 15) is 0 Å². The number of rotatable bonds is 3. The van der Waals surface area contributed by atoms with Crippen molar-refractivity contribution in [2.45, 2.75) is 33.1 Å². The Morgan fingerprint density at radius 2 is 1.77 bits per heavy atom. The van der Waals surface area contributed by atoms with Gasteiger partial charge in [0, 0.05) is 0 Å². The van der Waals surface area contributed by atoms with Gasteiger partial charge in [0.2, 0.25) is 0 Å². The second kappa shape index (κ2) is 4.86. The van der Waals surface area contributed by atoms with E-state index in [-0.39, 0.29) is 0 Å². The molecule has 0 saturated carbocycles. The summed E-state index contributed by atoms with van der Waals surface area (Å²) in [5.41, 5.74) is 2.81. The van der Waals surface area contributed by atoms with Crippen molar-refractivity contribution in [1.82, 2.24) is 0 Å². The molecule has 0 fully saturated rings. The number of benzene rings is 1. The first-order chi connectivity index (χ1) is 6.24. The summed E-state index contributed by atoms with van der Waals surface area (Å²) in [6.45, 7) is 6.50. The number of hydrogen-bond donors (Lipinski definition) is 0. The third kappa shape index (κ3) is 3.06. The van der Waals surface area contributed by atoms with Crippen molar-refractivity contribution >= 4 is 0 Å². The Balaban J connectivity index is 2.69. The zero-order chi connectivity index (χ0) is 9.68. The largest absolute Gasteiger partial charge is 0.0913 e. The average molecular weight is 174 g/mol. The van der Waals surface area contributed by atoms with Gasteiger partial charge < -0.3 is 0 Å². The summed E-state index contributed by atoms with van der Waals surface area (Å²) in [5.74, 6) is 0.635. The van der Waals surface area contributed by atoms with Crippen LogP contribution in [-0.4, -0.2) is 0 Å². The molecule has 0 spiro atoms. The van der Waals surface area contributed by atoms with Gasteiger partial charge in [-0.05, 0) is 30.4 Å². The molecule has 70 valence electrons. The lowest BCUT2D eigenvalue weighted by atomic mass is 10.0. The second-order valence-corrected chi connectivity index (χ2v) is 3.67. The molecule has 13 heavy (non-hydrogen) atoms. The summed E-state index contributed by atoms with van der Waals surface area (Å²) < 4.78 is 0. The van der Waals surface area contributed by atoms with Gasteiger partial charge in [0.15, 0.2) is 0 Å². The molecule has 0 aliphatic rings. The van der Waals surface area contributed by atoms with Crippen LogP contribution in [0.3, 0.4) is 0 Å². The molecular formula is C13H18. The molecule has 0 aliphatic heterocycles. The van der Waals surface area contributed by atoms with Gasteiger partial charge in [-0.1, -0.05) is 50.3 Å². The van der Waals surface area contributed by atoms with E-state index in [1.165, 1.54) is 11.1 Å². The topological polar surface area (TPSA) is 0 Å². The zero-order valence-electron chi connectivity index (χ0n) is 8.75. The quantitative estimate of drug-likeness (QED) is 0.609. The van der Waals surface area contributed by atoms with Gasteiger partial charge >= 0.3 is 0 Å². The van der Waals surface area contributed by atoms with E-state index in [0.29, 0.717) is 5.92 Å². The van der Waals surface area contributed by atoms with Gasteiger partial charge in [0.1, 0.15) is 0 Å². The van der Waals surface area contributed by atoms with Crippen molar-refractivity contribution in [3.8, 4) is 0 Å². The molecule has 0 aliphatic carbocycles. The molecule has 0 heterocycles. The van der Waals surface area contributed by atoms with Crippen molar-refractivity contribution in [3.05, 3.63) is 47.5 Å². The van der Waals surface area contributed by atoms with Crippen LogP contribution in [0, 0.1) is 0 Å². The Hall–Kier alpha value is -1.04. The van der Waals surface area contributed by atoms with E-state index in [0.717, 1.165) is 6.42 Å². The van der Waals surface area contributed by atoms with E-state index < -0.39 is 0 Å². The molecule has 0 amide bonds. The maximum atomic E-state index is 2.23. The van der Waals surface area contributed by atoms with Gasteiger partial charge in [-0.3, -0.25) is 0 Å². The minimum atomic E-state index is 0.635. The van der Waals surface area contributed by atoms with Crippen molar-refractivity contribution in [1.29, 1.82) is 0 Å². The Bertz CT molecular complexity index is 265. The maximum Gasteiger partial charge on any atom is -0.00976 e. The van der Waals surface area contributed by atoms with Gasteiger partial charge in [0.25, 0.3) is 0 Å². The molecule has 0 N–H and O–H groups in total. The average Bonchev–Trinajstić information content (AvgIpc) is 2.15. The highest BCUT2D eigenvalue weighted by molar-refractivity contribution is 5.25. The van der Waals surface area contributed by atoms with E-state index in [2.05, 4.69) is 57.2 Å². The van der Waals surface area contributed by atoms with Crippen LogP contribution in [0.5, 0.6) is 0 Å². The van der Waals surface area contributed by atoms with E-state index >= 15 is 0 Å². The third-order valence-electron chi connectivity index (χ3n) is 2.24. The number of hydrogen-bond acceptors (Lipinski definition) is 0. The SMILES string of the molecule is C/C=C/Cc1ccc(C(C)C)cc1. The fraction of sp³-hybridized carbons (Fsp3) is 0.385. The fourth-order valence-corrected chi connectivity index (χ4v) is 1.29. The summed E-state index contributed by atoms with van der Waals surface area (Å²) in [6, 6.07) is 8.89. The Morgan fingerprint density at radius 1 is 1.15 bits per heavy atom. The Kier molecular flexibility index (Phi) is 3.75. The van der Waals surface area contributed by atoms with Crippen LogP contribution < -0.4 is 0 Å². The lowest BCUT2D eigenvalue weighted by molar-refractivity contribution is 0.865. The fourth-order valence-electron chi connectivity index (χ4n) is 1.29. The van der Waals surface area contributed by atoms with E-state index in [4.69, 9.17) is 0 Å². The molecule has 0 bridgehead atoms. The van der Waals surface area contributed by atoms with Crippen LogP contribution in [0.1, 0.15) is 37.8 Å². The molecule has 1 aromatic carbocycles. The van der Waals surface area contributed by atoms with Crippen molar-refractivity contribution < 1.29 is 0 Å². The molecule has 1 rings (SSSR count). The molecular weight excluding hydrogens is 156 g/mol. The Labute approximate surface area is 81.3 Å². The van der Waals surface area contributed by atoms with Gasteiger partial charge in [0.05, 0.1) is 0 Å². The molecule has 0 unspecified atom stereocenters. The lowest BCUT2D eigenvalue weighted by Crippen LogP contribution is -1.87. The standard InChI is InChI=1S/C13H18/c1-4-5-6-12-7-9-13(10-8-12)11(2)3/h4-5,7-11H,6H2,1-3H3/b5-4+. The molecule has 0 heteroatoms. The van der Waals surface area contributed by atoms with Gasteiger partial charge in [-0.2, -0.15) is 0 Å². The third-order valence-corrected chi connectivity index (χ3v) is 2.24. The highest BCUT2D eigenvalue weighted by atomic mass is 14.0. The first-order valence-corrected chi connectivity index (χ1v) is 4.94. The summed E-state index contributed by atoms with van der Waals surface area (Å²) in [4.78, 5) is 0. The summed E-state index contributed by atoms with van der Waals surface area (Å²) >= 11 is 0. The van der Waals surface area contributed by atoms with Gasteiger partial charge in [-0.15, -0.1) is 0 Å². The smallest absolute Gasteiger partial charge is 0.00976 e. The van der Waals surface area contributed by atoms with Crippen molar-refractivity contribution in [3.63, 3.8) is 0 Å². The Morgan fingerprint density at radius 3 is 2.23 bits per heavy atom. The number of allylic oxidation sites excluding steroid dienone is 2. The van der Waals surface area contributed by atoms with Crippen LogP contribution in [0.2, 0.25) is 0 Å². The van der Waals surface area contributed by atoms with Crippen molar-refractivity contribution in [2.75, 3.05) is 0 Å². The van der Waals surface area contributed by atoms with Gasteiger partial charge in [-0.25, -0.2) is 0 Å². The lowest BCUT2D eigenvalue weighted by Gasteiger charge is -2.05. The summed E-state index contributed by atoms with van der Waals surface area (Å²) in [6.07, 6.45) is 5.33. The van der Waals surface area contributed by atoms with Crippen LogP contribution >= 0.6 is 0 Å². The predicted octanol–water partition coefficient (Wildman–Crippen LogP) is 3.93. The van der Waals surface area contributed by atoms with E-state index in [1.807, 2.05) is 0 Å². The minimum Gasteiger partial charge on any atom is -0.0913 e. The molecule has 0 atom stereocenters. The molecule has 0 nitrogen and oxygen atoms in total. The minimum absolute atomic E-state index is 0.635. The summed E-state index contributed by atoms with van der Waals surface area (Å²) in [5, 5.41) is 0. The highest BCUT2D eigenvalue weighted by Crippen LogP contribution is 2.14. The van der Waals surface area contributed by atoms with Crippen LogP contribution in [0.15, 0.2) is 36.4 Å². The van der Waals surface area contributed by atoms with Crippen LogP contribution in [0.4, 0.5) is 0 Å². The highest BCUT2D eigenvalue weighted by Gasteiger charge is 1.97. The summed E-state index contributed by atoms with van der Waals surface area (Å²) in [7, 11) is 0. The normalized spacial score (nSPS) is 11.4. The molecule has 0 aromatic heterocycles. The molecule has 0 saturated heterocycles. The monoisotopic (exact) mass is 174 g/mol. The van der Waals surface area contributed by atoms with Crippen molar-refractivity contribution in [2.24, 2.45) is 0 Å². The van der Waals surface area contributed by atoms with E-state index in [1.54, 1.807) is 0 Å². The molecule has 0 radical (unpaired) electrons. The first-order valence-electron chi connectivity index (χ1n) is 4.94. The first kappa shape index (κ1) is 10.0. The molecule has 1 aromatic rings. The van der Waals surface area contributed by atoms with Crippen LogP contribution in [-0.2, 0) is 6.42 Å². The maximum absolute atomic E-state index is 2.23. The van der Waals surface area contributed by atoms with Crippen LogP contribution in [0.25, 0.3) is 0 Å². The predicted molar refractivity (Wildman–Crippen MR) is 59.0 cm³/mol.